The normalized spacial score (nSPS) is 10.3. The zero-order valence-corrected chi connectivity index (χ0v) is 12.9. The van der Waals surface area contributed by atoms with E-state index in [2.05, 4.69) is 5.32 Å². The predicted molar refractivity (Wildman–Crippen MR) is 89.1 cm³/mol. The molecule has 0 saturated carbocycles. The third-order valence-corrected chi connectivity index (χ3v) is 3.51. The third-order valence-electron chi connectivity index (χ3n) is 3.51. The van der Waals surface area contributed by atoms with Crippen LogP contribution in [0.5, 0.6) is 0 Å². The van der Waals surface area contributed by atoms with Crippen molar-refractivity contribution in [2.75, 3.05) is 30.0 Å². The number of amides is 1. The number of rotatable bonds is 3. The van der Waals surface area contributed by atoms with Crippen molar-refractivity contribution < 1.29 is 4.79 Å². The van der Waals surface area contributed by atoms with E-state index in [9.17, 15) is 4.79 Å². The molecule has 0 radical (unpaired) electrons. The summed E-state index contributed by atoms with van der Waals surface area (Å²) < 4.78 is 0. The van der Waals surface area contributed by atoms with Crippen LogP contribution in [-0.2, 0) is 0 Å². The molecule has 3 N–H and O–H groups in total. The van der Waals surface area contributed by atoms with Crippen molar-refractivity contribution >= 4 is 23.0 Å². The van der Waals surface area contributed by atoms with Gasteiger partial charge in [-0.2, -0.15) is 0 Å². The molecule has 2 rings (SSSR count). The maximum absolute atomic E-state index is 12.3. The average Bonchev–Trinajstić information content (AvgIpc) is 2.43. The number of carbonyl (C=O) groups excluding carboxylic acids is 1. The van der Waals surface area contributed by atoms with Gasteiger partial charge in [0.1, 0.15) is 0 Å². The van der Waals surface area contributed by atoms with E-state index < -0.39 is 0 Å². The van der Waals surface area contributed by atoms with Crippen LogP contribution < -0.4 is 16.0 Å². The number of hydrogen-bond acceptors (Lipinski definition) is 3. The van der Waals surface area contributed by atoms with E-state index in [0.717, 1.165) is 22.5 Å². The van der Waals surface area contributed by atoms with Crippen LogP contribution in [0.3, 0.4) is 0 Å². The molecule has 0 aromatic heterocycles. The topological polar surface area (TPSA) is 58.4 Å². The Kier molecular flexibility index (Phi) is 4.17. The molecule has 0 aliphatic heterocycles. The molecule has 0 saturated heterocycles. The Labute approximate surface area is 125 Å². The smallest absolute Gasteiger partial charge is 0.255 e. The van der Waals surface area contributed by atoms with Crippen LogP contribution in [0.1, 0.15) is 21.5 Å². The van der Waals surface area contributed by atoms with Crippen LogP contribution in [0.4, 0.5) is 17.1 Å². The molecule has 0 spiro atoms. The van der Waals surface area contributed by atoms with Gasteiger partial charge in [-0.3, -0.25) is 4.79 Å². The molecule has 2 aromatic rings. The molecule has 4 nitrogen and oxygen atoms in total. The number of anilines is 3. The largest absolute Gasteiger partial charge is 0.399 e. The van der Waals surface area contributed by atoms with E-state index in [4.69, 9.17) is 5.73 Å². The molecule has 0 aliphatic carbocycles. The molecule has 0 bridgehead atoms. The lowest BCUT2D eigenvalue weighted by atomic mass is 10.1. The SMILES string of the molecule is Cc1cc(C(=O)Nc2ccc(N(C)C)cc2C)ccc1N. The van der Waals surface area contributed by atoms with Crippen LogP contribution in [0.25, 0.3) is 0 Å². The van der Waals surface area contributed by atoms with Gasteiger partial charge in [-0.1, -0.05) is 0 Å². The van der Waals surface area contributed by atoms with E-state index in [1.807, 2.05) is 51.0 Å². The maximum atomic E-state index is 12.3. The Balaban J connectivity index is 2.21. The molecule has 0 aliphatic rings. The van der Waals surface area contributed by atoms with Gasteiger partial charge in [0.05, 0.1) is 0 Å². The van der Waals surface area contributed by atoms with Gasteiger partial charge in [-0.15, -0.1) is 0 Å². The minimum Gasteiger partial charge on any atom is -0.399 e. The van der Waals surface area contributed by atoms with Crippen molar-refractivity contribution in [3.63, 3.8) is 0 Å². The highest BCUT2D eigenvalue weighted by molar-refractivity contribution is 6.05. The first-order valence-electron chi connectivity index (χ1n) is 6.84. The van der Waals surface area contributed by atoms with Crippen molar-refractivity contribution in [3.05, 3.63) is 53.1 Å². The van der Waals surface area contributed by atoms with Gasteiger partial charge >= 0.3 is 0 Å². The predicted octanol–water partition coefficient (Wildman–Crippen LogP) is 3.20. The van der Waals surface area contributed by atoms with E-state index in [0.29, 0.717) is 11.3 Å². The Morgan fingerprint density at radius 2 is 1.76 bits per heavy atom. The molecule has 4 heteroatoms. The standard InChI is InChI=1S/C17H21N3O/c1-11-9-13(5-7-15(11)18)17(21)19-16-8-6-14(20(3)4)10-12(16)2/h5-10H,18H2,1-4H3,(H,19,21). The highest BCUT2D eigenvalue weighted by atomic mass is 16.1. The summed E-state index contributed by atoms with van der Waals surface area (Å²) in [5.41, 5.74) is 10.9. The Morgan fingerprint density at radius 3 is 2.33 bits per heavy atom. The lowest BCUT2D eigenvalue weighted by Crippen LogP contribution is -2.14. The first-order valence-corrected chi connectivity index (χ1v) is 6.84. The summed E-state index contributed by atoms with van der Waals surface area (Å²) in [5, 5.41) is 2.94. The fourth-order valence-corrected chi connectivity index (χ4v) is 2.08. The van der Waals surface area contributed by atoms with Crippen LogP contribution in [-0.4, -0.2) is 20.0 Å². The van der Waals surface area contributed by atoms with E-state index in [1.54, 1.807) is 18.2 Å². The number of aryl methyl sites for hydroxylation is 2. The van der Waals surface area contributed by atoms with E-state index >= 15 is 0 Å². The second kappa shape index (κ2) is 5.87. The fraction of sp³-hybridized carbons (Fsp3) is 0.235. The second-order valence-electron chi connectivity index (χ2n) is 5.42. The van der Waals surface area contributed by atoms with Crippen LogP contribution in [0.2, 0.25) is 0 Å². The molecule has 0 fully saturated rings. The number of benzene rings is 2. The number of hydrogen-bond donors (Lipinski definition) is 2. The van der Waals surface area contributed by atoms with Gasteiger partial charge in [0.15, 0.2) is 0 Å². The summed E-state index contributed by atoms with van der Waals surface area (Å²) >= 11 is 0. The van der Waals surface area contributed by atoms with Crippen LogP contribution in [0.15, 0.2) is 36.4 Å². The van der Waals surface area contributed by atoms with Crippen molar-refractivity contribution in [1.82, 2.24) is 0 Å². The van der Waals surface area contributed by atoms with Gasteiger partial charge < -0.3 is 16.0 Å². The molecular weight excluding hydrogens is 262 g/mol. The van der Waals surface area contributed by atoms with E-state index in [1.165, 1.54) is 0 Å². The molecule has 2 aromatic carbocycles. The van der Waals surface area contributed by atoms with Crippen molar-refractivity contribution in [2.24, 2.45) is 0 Å². The summed E-state index contributed by atoms with van der Waals surface area (Å²) in [6.07, 6.45) is 0. The Hall–Kier alpha value is -2.49. The minimum atomic E-state index is -0.126. The maximum Gasteiger partial charge on any atom is 0.255 e. The zero-order valence-electron chi connectivity index (χ0n) is 12.9. The molecular formula is C17H21N3O. The summed E-state index contributed by atoms with van der Waals surface area (Å²) in [6, 6.07) is 11.2. The third kappa shape index (κ3) is 3.34. The lowest BCUT2D eigenvalue weighted by Gasteiger charge is -2.15. The number of nitrogens with zero attached hydrogens (tertiary/aromatic N) is 1. The number of nitrogen functional groups attached to an aromatic ring is 1. The lowest BCUT2D eigenvalue weighted by molar-refractivity contribution is 0.102. The summed E-state index contributed by atoms with van der Waals surface area (Å²) in [5.74, 6) is -0.126. The van der Waals surface area contributed by atoms with Gasteiger partial charge in [-0.05, 0) is 61.4 Å². The molecule has 21 heavy (non-hydrogen) atoms. The Bertz CT molecular complexity index is 678. The second-order valence-corrected chi connectivity index (χ2v) is 5.42. The van der Waals surface area contributed by atoms with Crippen LogP contribution in [0, 0.1) is 13.8 Å². The average molecular weight is 283 g/mol. The highest BCUT2D eigenvalue weighted by Crippen LogP contribution is 2.22. The van der Waals surface area contributed by atoms with Gasteiger partial charge in [0.2, 0.25) is 0 Å². The monoisotopic (exact) mass is 283 g/mol. The zero-order chi connectivity index (χ0) is 15.6. The number of nitrogens with one attached hydrogen (secondary N) is 1. The van der Waals surface area contributed by atoms with Crippen molar-refractivity contribution in [2.45, 2.75) is 13.8 Å². The van der Waals surface area contributed by atoms with Crippen molar-refractivity contribution in [3.8, 4) is 0 Å². The van der Waals surface area contributed by atoms with Gasteiger partial charge in [0, 0.05) is 36.7 Å². The first-order chi connectivity index (χ1) is 9.88. The number of nitrogens with two attached hydrogens (primary N) is 1. The minimum absolute atomic E-state index is 0.126. The van der Waals surface area contributed by atoms with Crippen LogP contribution >= 0.6 is 0 Å². The van der Waals surface area contributed by atoms with Gasteiger partial charge in [-0.25, -0.2) is 0 Å². The molecule has 1 amide bonds. The van der Waals surface area contributed by atoms with E-state index in [-0.39, 0.29) is 5.91 Å². The highest BCUT2D eigenvalue weighted by Gasteiger charge is 2.09. The fourth-order valence-electron chi connectivity index (χ4n) is 2.08. The molecule has 0 atom stereocenters. The summed E-state index contributed by atoms with van der Waals surface area (Å²) in [4.78, 5) is 14.3. The summed E-state index contributed by atoms with van der Waals surface area (Å²) in [7, 11) is 3.98. The van der Waals surface area contributed by atoms with Gasteiger partial charge in [0.25, 0.3) is 5.91 Å². The quantitative estimate of drug-likeness (QED) is 0.850. The summed E-state index contributed by atoms with van der Waals surface area (Å²) in [6.45, 7) is 3.88. The number of carbonyl (C=O) groups is 1. The van der Waals surface area contributed by atoms with Crippen molar-refractivity contribution in [1.29, 1.82) is 0 Å². The molecule has 0 heterocycles. The molecule has 110 valence electrons. The Morgan fingerprint density at radius 1 is 1.05 bits per heavy atom. The molecule has 0 unspecified atom stereocenters. The first kappa shape index (κ1) is 14.9.